The summed E-state index contributed by atoms with van der Waals surface area (Å²) in [7, 11) is 3.00. The van der Waals surface area contributed by atoms with Crippen molar-refractivity contribution < 1.29 is 19.4 Å². The molecule has 0 atom stereocenters. The van der Waals surface area contributed by atoms with Gasteiger partial charge in [-0.1, -0.05) is 0 Å². The Morgan fingerprint density at radius 3 is 2.52 bits per heavy atom. The molecule has 0 unspecified atom stereocenters. The van der Waals surface area contributed by atoms with Gasteiger partial charge in [-0.3, -0.25) is 4.79 Å². The lowest BCUT2D eigenvalue weighted by molar-refractivity contribution is 0.102. The summed E-state index contributed by atoms with van der Waals surface area (Å²) in [5.41, 5.74) is 0.901. The van der Waals surface area contributed by atoms with E-state index in [0.29, 0.717) is 22.7 Å². The normalized spacial score (nSPS) is 10.0. The van der Waals surface area contributed by atoms with Gasteiger partial charge in [0.1, 0.15) is 5.75 Å². The number of hydrogen-bond donors (Lipinski definition) is 2. The highest BCUT2D eigenvalue weighted by Crippen LogP contribution is 2.29. The molecule has 6 heteroatoms. The van der Waals surface area contributed by atoms with Crippen molar-refractivity contribution >= 4 is 27.5 Å². The van der Waals surface area contributed by atoms with E-state index in [4.69, 9.17) is 9.47 Å². The summed E-state index contributed by atoms with van der Waals surface area (Å²) in [5.74, 6) is 0.511. The highest BCUT2D eigenvalue weighted by molar-refractivity contribution is 9.10. The van der Waals surface area contributed by atoms with Gasteiger partial charge in [0, 0.05) is 16.1 Å². The Morgan fingerprint density at radius 1 is 1.14 bits per heavy atom. The second-order valence-electron chi connectivity index (χ2n) is 4.19. The lowest BCUT2D eigenvalue weighted by Crippen LogP contribution is -2.12. The lowest BCUT2D eigenvalue weighted by atomic mass is 10.2. The first-order valence-electron chi connectivity index (χ1n) is 6.07. The van der Waals surface area contributed by atoms with Gasteiger partial charge in [0.2, 0.25) is 0 Å². The Hall–Kier alpha value is -2.21. The van der Waals surface area contributed by atoms with Gasteiger partial charge in [-0.2, -0.15) is 0 Å². The molecule has 0 spiro atoms. The van der Waals surface area contributed by atoms with Crippen molar-refractivity contribution in [1.29, 1.82) is 0 Å². The van der Waals surface area contributed by atoms with E-state index in [9.17, 15) is 9.90 Å². The zero-order valence-electron chi connectivity index (χ0n) is 11.5. The van der Waals surface area contributed by atoms with Crippen LogP contribution in [0, 0.1) is 0 Å². The Bertz CT molecular complexity index is 673. The zero-order valence-corrected chi connectivity index (χ0v) is 13.1. The Kier molecular flexibility index (Phi) is 4.70. The van der Waals surface area contributed by atoms with Gasteiger partial charge in [0.25, 0.3) is 5.91 Å². The van der Waals surface area contributed by atoms with Crippen molar-refractivity contribution in [3.05, 3.63) is 46.4 Å². The number of amides is 1. The molecule has 0 heterocycles. The molecular weight excluding hydrogens is 338 g/mol. The molecule has 0 aromatic heterocycles. The van der Waals surface area contributed by atoms with E-state index >= 15 is 0 Å². The van der Waals surface area contributed by atoms with Crippen LogP contribution in [-0.4, -0.2) is 25.2 Å². The number of phenolic OH excluding ortho intramolecular Hbond substituents is 1. The molecule has 0 fully saturated rings. The average molecular weight is 352 g/mol. The third-order valence-corrected chi connectivity index (χ3v) is 3.55. The second kappa shape index (κ2) is 6.49. The standard InChI is InChI=1S/C15H14BrNO4/c1-20-10-4-5-11(16)12(8-10)17-15(19)9-3-6-14(21-2)13(18)7-9/h3-8,18H,1-2H3,(H,17,19). The average Bonchev–Trinajstić information content (AvgIpc) is 2.49. The minimum atomic E-state index is -0.345. The summed E-state index contributed by atoms with van der Waals surface area (Å²) in [6, 6.07) is 9.71. The first-order chi connectivity index (χ1) is 10.0. The minimum absolute atomic E-state index is 0.0881. The van der Waals surface area contributed by atoms with Gasteiger partial charge >= 0.3 is 0 Å². The van der Waals surface area contributed by atoms with Crippen molar-refractivity contribution in [1.82, 2.24) is 0 Å². The maximum atomic E-state index is 12.2. The first-order valence-corrected chi connectivity index (χ1v) is 6.86. The largest absolute Gasteiger partial charge is 0.504 e. The van der Waals surface area contributed by atoms with E-state index in [1.54, 1.807) is 31.4 Å². The fourth-order valence-corrected chi connectivity index (χ4v) is 2.10. The molecule has 2 aromatic carbocycles. The zero-order chi connectivity index (χ0) is 15.4. The van der Waals surface area contributed by atoms with E-state index in [0.717, 1.165) is 4.47 Å². The number of hydrogen-bond acceptors (Lipinski definition) is 4. The predicted molar refractivity (Wildman–Crippen MR) is 83.3 cm³/mol. The monoisotopic (exact) mass is 351 g/mol. The summed E-state index contributed by atoms with van der Waals surface area (Å²) in [5, 5.41) is 12.5. The van der Waals surface area contributed by atoms with Crippen LogP contribution in [0.3, 0.4) is 0 Å². The highest BCUT2D eigenvalue weighted by atomic mass is 79.9. The number of phenols is 1. The number of aromatic hydroxyl groups is 1. The van der Waals surface area contributed by atoms with E-state index in [-0.39, 0.29) is 11.7 Å². The maximum absolute atomic E-state index is 12.2. The molecule has 1 amide bonds. The van der Waals surface area contributed by atoms with Crippen LogP contribution in [-0.2, 0) is 0 Å². The molecular formula is C15H14BrNO4. The summed E-state index contributed by atoms with van der Waals surface area (Å²) in [4.78, 5) is 12.2. The van der Waals surface area contributed by atoms with Crippen LogP contribution in [0.25, 0.3) is 0 Å². The van der Waals surface area contributed by atoms with Crippen LogP contribution in [0.15, 0.2) is 40.9 Å². The van der Waals surface area contributed by atoms with Gasteiger partial charge < -0.3 is 19.9 Å². The van der Waals surface area contributed by atoms with Crippen molar-refractivity contribution in [3.63, 3.8) is 0 Å². The minimum Gasteiger partial charge on any atom is -0.504 e. The van der Waals surface area contributed by atoms with Crippen LogP contribution in [0.2, 0.25) is 0 Å². The third-order valence-electron chi connectivity index (χ3n) is 2.86. The number of carbonyl (C=O) groups excluding carboxylic acids is 1. The fourth-order valence-electron chi connectivity index (χ4n) is 1.75. The van der Waals surface area contributed by atoms with E-state index in [1.165, 1.54) is 19.2 Å². The number of benzene rings is 2. The van der Waals surface area contributed by atoms with Crippen LogP contribution >= 0.6 is 15.9 Å². The molecule has 0 bridgehead atoms. The Morgan fingerprint density at radius 2 is 1.90 bits per heavy atom. The van der Waals surface area contributed by atoms with Crippen LogP contribution in [0.4, 0.5) is 5.69 Å². The third kappa shape index (κ3) is 3.46. The Labute approximate surface area is 130 Å². The number of carbonyl (C=O) groups is 1. The summed E-state index contributed by atoms with van der Waals surface area (Å²) in [6.45, 7) is 0. The predicted octanol–water partition coefficient (Wildman–Crippen LogP) is 3.42. The topological polar surface area (TPSA) is 67.8 Å². The van der Waals surface area contributed by atoms with Gasteiger partial charge in [0.15, 0.2) is 11.5 Å². The number of rotatable bonds is 4. The van der Waals surface area contributed by atoms with E-state index < -0.39 is 0 Å². The van der Waals surface area contributed by atoms with Gasteiger partial charge in [-0.25, -0.2) is 0 Å². The first kappa shape index (κ1) is 15.2. The smallest absolute Gasteiger partial charge is 0.255 e. The Balaban J connectivity index is 2.23. The molecule has 0 saturated carbocycles. The molecule has 2 rings (SSSR count). The fraction of sp³-hybridized carbons (Fsp3) is 0.133. The van der Waals surface area contributed by atoms with Crippen molar-refractivity contribution in [2.24, 2.45) is 0 Å². The quantitative estimate of drug-likeness (QED) is 0.885. The summed E-state index contributed by atoms with van der Waals surface area (Å²) in [6.07, 6.45) is 0. The summed E-state index contributed by atoms with van der Waals surface area (Å²) < 4.78 is 10.8. The van der Waals surface area contributed by atoms with E-state index in [2.05, 4.69) is 21.2 Å². The number of nitrogens with one attached hydrogen (secondary N) is 1. The molecule has 5 nitrogen and oxygen atoms in total. The number of methoxy groups -OCH3 is 2. The molecule has 2 aromatic rings. The van der Waals surface area contributed by atoms with E-state index in [1.807, 2.05) is 0 Å². The molecule has 0 aliphatic carbocycles. The maximum Gasteiger partial charge on any atom is 0.255 e. The van der Waals surface area contributed by atoms with Crippen LogP contribution in [0.1, 0.15) is 10.4 Å². The SMILES string of the molecule is COc1ccc(Br)c(NC(=O)c2ccc(OC)c(O)c2)c1. The molecule has 0 radical (unpaired) electrons. The van der Waals surface area contributed by atoms with Crippen molar-refractivity contribution in [2.75, 3.05) is 19.5 Å². The molecule has 110 valence electrons. The summed E-state index contributed by atoms with van der Waals surface area (Å²) >= 11 is 3.36. The number of ether oxygens (including phenoxy) is 2. The van der Waals surface area contributed by atoms with Crippen LogP contribution < -0.4 is 14.8 Å². The number of halogens is 1. The molecule has 0 aliphatic heterocycles. The van der Waals surface area contributed by atoms with Gasteiger partial charge in [0.05, 0.1) is 19.9 Å². The molecule has 0 saturated heterocycles. The molecule has 21 heavy (non-hydrogen) atoms. The van der Waals surface area contributed by atoms with Crippen molar-refractivity contribution in [3.8, 4) is 17.2 Å². The van der Waals surface area contributed by atoms with Crippen LogP contribution in [0.5, 0.6) is 17.2 Å². The van der Waals surface area contributed by atoms with Gasteiger partial charge in [-0.15, -0.1) is 0 Å². The highest BCUT2D eigenvalue weighted by Gasteiger charge is 2.12. The molecule has 0 aliphatic rings. The number of anilines is 1. The van der Waals surface area contributed by atoms with Crippen molar-refractivity contribution in [2.45, 2.75) is 0 Å². The molecule has 2 N–H and O–H groups in total. The second-order valence-corrected chi connectivity index (χ2v) is 5.04. The lowest BCUT2D eigenvalue weighted by Gasteiger charge is -2.10. The van der Waals surface area contributed by atoms with Gasteiger partial charge in [-0.05, 0) is 46.3 Å².